The van der Waals surface area contributed by atoms with Gasteiger partial charge >= 0.3 is 0 Å². The van der Waals surface area contributed by atoms with Gasteiger partial charge in [-0.2, -0.15) is 0 Å². The fourth-order valence-corrected chi connectivity index (χ4v) is 2.76. The molecule has 1 N–H and O–H groups in total. The quantitative estimate of drug-likeness (QED) is 0.731. The predicted octanol–water partition coefficient (Wildman–Crippen LogP) is 3.73. The topological polar surface area (TPSA) is 55.1 Å². The summed E-state index contributed by atoms with van der Waals surface area (Å²) in [7, 11) is 0. The zero-order valence-electron chi connectivity index (χ0n) is 11.7. The number of nitrogens with zero attached hydrogens (tertiary/aromatic N) is 1. The highest BCUT2D eigenvalue weighted by Crippen LogP contribution is 2.25. The molecule has 0 atom stereocenters. The molecular weight excluding hydrogens is 296 g/mol. The number of hydrogen-bond acceptors (Lipinski definition) is 4. The molecule has 0 spiro atoms. The van der Waals surface area contributed by atoms with Gasteiger partial charge in [-0.05, 0) is 41.3 Å². The highest BCUT2D eigenvalue weighted by atomic mass is 32.1. The zero-order valence-corrected chi connectivity index (χ0v) is 12.5. The smallest absolute Gasteiger partial charge is 0.244 e. The largest absolute Gasteiger partial charge is 0.465 e. The van der Waals surface area contributed by atoms with Crippen LogP contribution in [0.15, 0.2) is 64.7 Å². The van der Waals surface area contributed by atoms with E-state index in [0.29, 0.717) is 12.3 Å². The van der Waals surface area contributed by atoms with Gasteiger partial charge in [-0.25, -0.2) is 0 Å². The Labute approximate surface area is 132 Å². The van der Waals surface area contributed by atoms with E-state index in [2.05, 4.69) is 10.3 Å². The van der Waals surface area contributed by atoms with E-state index >= 15 is 0 Å². The highest BCUT2D eigenvalue weighted by Gasteiger charge is 2.07. The van der Waals surface area contributed by atoms with Gasteiger partial charge in [0.05, 0.1) is 16.8 Å². The van der Waals surface area contributed by atoms with Crippen LogP contribution in [0.4, 0.5) is 0 Å². The van der Waals surface area contributed by atoms with Crippen molar-refractivity contribution in [1.29, 1.82) is 0 Å². The molecule has 0 saturated carbocycles. The van der Waals surface area contributed by atoms with Crippen molar-refractivity contribution >= 4 is 23.3 Å². The summed E-state index contributed by atoms with van der Waals surface area (Å²) in [5, 5.41) is 4.87. The Morgan fingerprint density at radius 3 is 3.00 bits per heavy atom. The molecule has 0 radical (unpaired) electrons. The predicted molar refractivity (Wildman–Crippen MR) is 87.1 cm³/mol. The van der Waals surface area contributed by atoms with Crippen LogP contribution in [0.25, 0.3) is 16.6 Å². The van der Waals surface area contributed by atoms with Crippen molar-refractivity contribution in [3.63, 3.8) is 0 Å². The molecule has 0 unspecified atom stereocenters. The minimum absolute atomic E-state index is 0.169. The van der Waals surface area contributed by atoms with E-state index in [1.165, 1.54) is 6.08 Å². The number of thiophene rings is 1. The lowest BCUT2D eigenvalue weighted by Gasteiger charge is -2.07. The molecule has 3 rings (SSSR count). The van der Waals surface area contributed by atoms with Crippen LogP contribution in [0.5, 0.6) is 0 Å². The first-order chi connectivity index (χ1) is 10.8. The van der Waals surface area contributed by atoms with Crippen LogP contribution < -0.4 is 5.32 Å². The van der Waals surface area contributed by atoms with Crippen LogP contribution in [0.1, 0.15) is 11.3 Å². The molecule has 3 aromatic heterocycles. The summed E-state index contributed by atoms with van der Waals surface area (Å²) in [5.74, 6) is 0.480. The van der Waals surface area contributed by atoms with E-state index in [-0.39, 0.29) is 5.91 Å². The normalized spacial score (nSPS) is 10.9. The summed E-state index contributed by atoms with van der Waals surface area (Å²) in [6, 6.07) is 11.4. The molecule has 110 valence electrons. The van der Waals surface area contributed by atoms with Crippen molar-refractivity contribution in [1.82, 2.24) is 10.3 Å². The number of carbonyl (C=O) groups excluding carboxylic acids is 1. The molecule has 4 nitrogen and oxygen atoms in total. The Balaban J connectivity index is 1.66. The maximum atomic E-state index is 11.9. The van der Waals surface area contributed by atoms with Crippen LogP contribution in [0.3, 0.4) is 0 Å². The number of rotatable bonds is 5. The molecule has 22 heavy (non-hydrogen) atoms. The van der Waals surface area contributed by atoms with Gasteiger partial charge in [0.15, 0.2) is 0 Å². The summed E-state index contributed by atoms with van der Waals surface area (Å²) in [6.07, 6.45) is 6.43. The van der Waals surface area contributed by atoms with Crippen molar-refractivity contribution in [2.75, 3.05) is 0 Å². The van der Waals surface area contributed by atoms with Crippen LogP contribution >= 0.6 is 11.3 Å². The van der Waals surface area contributed by atoms with Gasteiger partial charge in [0.1, 0.15) is 5.76 Å². The molecule has 0 saturated heterocycles. The Morgan fingerprint density at radius 2 is 2.23 bits per heavy atom. The van der Waals surface area contributed by atoms with Crippen molar-refractivity contribution in [3.8, 4) is 10.6 Å². The molecule has 0 aliphatic rings. The second kappa shape index (κ2) is 6.87. The number of amides is 1. The molecule has 3 heterocycles. The molecule has 1 amide bonds. The van der Waals surface area contributed by atoms with Gasteiger partial charge < -0.3 is 9.73 Å². The zero-order chi connectivity index (χ0) is 15.2. The number of aromatic nitrogens is 1. The number of carbonyl (C=O) groups is 1. The lowest BCUT2D eigenvalue weighted by atomic mass is 10.1. The second-order valence-corrected chi connectivity index (χ2v) is 5.50. The number of nitrogens with one attached hydrogen (secondary N) is 1. The number of furan rings is 1. The maximum absolute atomic E-state index is 11.9. The highest BCUT2D eigenvalue weighted by molar-refractivity contribution is 7.13. The van der Waals surface area contributed by atoms with Crippen molar-refractivity contribution in [2.24, 2.45) is 0 Å². The summed E-state index contributed by atoms with van der Waals surface area (Å²) < 4.78 is 5.14. The first-order valence-corrected chi connectivity index (χ1v) is 7.68. The van der Waals surface area contributed by atoms with E-state index in [1.807, 2.05) is 29.6 Å². The van der Waals surface area contributed by atoms with Gasteiger partial charge in [0.25, 0.3) is 0 Å². The maximum Gasteiger partial charge on any atom is 0.244 e. The van der Waals surface area contributed by atoms with Gasteiger partial charge in [-0.15, -0.1) is 11.3 Å². The molecule has 0 aliphatic heterocycles. The van der Waals surface area contributed by atoms with E-state index < -0.39 is 0 Å². The fraction of sp³-hybridized carbons (Fsp3) is 0.0588. The summed E-state index contributed by atoms with van der Waals surface area (Å²) in [4.78, 5) is 17.4. The third-order valence-corrected chi connectivity index (χ3v) is 3.92. The van der Waals surface area contributed by atoms with Gasteiger partial charge in [-0.1, -0.05) is 12.1 Å². The Bertz CT molecular complexity index is 762. The fourth-order valence-electron chi connectivity index (χ4n) is 2.00. The minimum Gasteiger partial charge on any atom is -0.465 e. The van der Waals surface area contributed by atoms with Crippen LogP contribution in [-0.2, 0) is 11.3 Å². The van der Waals surface area contributed by atoms with Crippen LogP contribution in [0, 0.1) is 0 Å². The first kappa shape index (κ1) is 14.3. The molecule has 0 fully saturated rings. The molecular formula is C17H14N2O2S. The third kappa shape index (κ3) is 3.51. The van der Waals surface area contributed by atoms with E-state index in [1.54, 1.807) is 42.0 Å². The summed E-state index contributed by atoms with van der Waals surface area (Å²) in [6.45, 7) is 0.433. The molecule has 0 aromatic carbocycles. The molecule has 0 bridgehead atoms. The second-order valence-electron chi connectivity index (χ2n) is 4.55. The monoisotopic (exact) mass is 310 g/mol. The molecule has 3 aromatic rings. The van der Waals surface area contributed by atoms with Gasteiger partial charge in [0.2, 0.25) is 5.91 Å². The summed E-state index contributed by atoms with van der Waals surface area (Å²) >= 11 is 1.63. The number of hydrogen-bond donors (Lipinski definition) is 1. The number of pyridine rings is 1. The lowest BCUT2D eigenvalue weighted by Crippen LogP contribution is -2.20. The van der Waals surface area contributed by atoms with E-state index in [9.17, 15) is 4.79 Å². The lowest BCUT2D eigenvalue weighted by molar-refractivity contribution is -0.116. The SMILES string of the molecule is O=C(C=Cc1ccco1)NCc1cccnc1-c1cccs1. The average molecular weight is 310 g/mol. The third-order valence-electron chi connectivity index (χ3n) is 3.04. The van der Waals surface area contributed by atoms with E-state index in [4.69, 9.17) is 4.42 Å². The van der Waals surface area contributed by atoms with Crippen molar-refractivity contribution in [3.05, 3.63) is 71.6 Å². The Morgan fingerprint density at radius 1 is 1.27 bits per heavy atom. The molecule has 0 aliphatic carbocycles. The van der Waals surface area contributed by atoms with Gasteiger partial charge in [-0.3, -0.25) is 9.78 Å². The van der Waals surface area contributed by atoms with Crippen molar-refractivity contribution in [2.45, 2.75) is 6.54 Å². The Kier molecular flexibility index (Phi) is 4.46. The van der Waals surface area contributed by atoms with Crippen LogP contribution in [-0.4, -0.2) is 10.9 Å². The van der Waals surface area contributed by atoms with Gasteiger partial charge in [0, 0.05) is 18.8 Å². The standard InChI is InChI=1S/C17H14N2O2S/c20-16(8-7-14-5-2-10-21-14)19-12-13-4-1-9-18-17(13)15-6-3-11-22-15/h1-11H,12H2,(H,19,20). The minimum atomic E-state index is -0.169. The van der Waals surface area contributed by atoms with Crippen molar-refractivity contribution < 1.29 is 9.21 Å². The molecule has 5 heteroatoms. The van der Waals surface area contributed by atoms with Crippen LogP contribution in [0.2, 0.25) is 0 Å². The van der Waals surface area contributed by atoms with E-state index in [0.717, 1.165) is 16.1 Å². The first-order valence-electron chi connectivity index (χ1n) is 6.80. The average Bonchev–Trinajstić information content (AvgIpc) is 3.24. The Hall–Kier alpha value is -2.66. The summed E-state index contributed by atoms with van der Waals surface area (Å²) in [5.41, 5.74) is 1.90.